The normalized spacial score (nSPS) is 11.8. The highest BCUT2D eigenvalue weighted by molar-refractivity contribution is 9.10. The molecule has 0 spiro atoms. The van der Waals surface area contributed by atoms with Crippen LogP contribution in [0.15, 0.2) is 16.7 Å². The number of hydrogen-bond acceptors (Lipinski definition) is 2. The second kappa shape index (κ2) is 3.15. The molecular formula is C9H12BrNO. The van der Waals surface area contributed by atoms with Crippen LogP contribution in [0.2, 0.25) is 0 Å². The molecule has 3 heteroatoms. The third kappa shape index (κ3) is 2.05. The second-order valence-corrected chi connectivity index (χ2v) is 4.14. The topological polar surface area (TPSA) is 33.1 Å². The second-order valence-electron chi connectivity index (χ2n) is 3.33. The summed E-state index contributed by atoms with van der Waals surface area (Å²) in [4.78, 5) is 4.20. The number of aryl methyl sites for hydroxylation is 1. The van der Waals surface area contributed by atoms with Crippen LogP contribution < -0.4 is 0 Å². The van der Waals surface area contributed by atoms with E-state index in [2.05, 4.69) is 20.9 Å². The van der Waals surface area contributed by atoms with Crippen LogP contribution in [0.25, 0.3) is 0 Å². The molecule has 0 bridgehead atoms. The number of rotatable bonds is 1. The molecule has 12 heavy (non-hydrogen) atoms. The Labute approximate surface area is 80.8 Å². The van der Waals surface area contributed by atoms with Gasteiger partial charge in [0.25, 0.3) is 0 Å². The van der Waals surface area contributed by atoms with Gasteiger partial charge in [-0.1, -0.05) is 6.07 Å². The molecule has 0 saturated carbocycles. The monoisotopic (exact) mass is 229 g/mol. The van der Waals surface area contributed by atoms with E-state index in [4.69, 9.17) is 0 Å². The summed E-state index contributed by atoms with van der Waals surface area (Å²) < 4.78 is 0.799. The molecule has 66 valence electrons. The zero-order valence-corrected chi connectivity index (χ0v) is 9.01. The van der Waals surface area contributed by atoms with Crippen molar-refractivity contribution in [1.29, 1.82) is 0 Å². The molecule has 0 aliphatic heterocycles. The number of aliphatic hydroxyl groups is 1. The SMILES string of the molecule is Cc1nc(Br)ccc1C(C)(C)O. The van der Waals surface area contributed by atoms with Gasteiger partial charge in [0.2, 0.25) is 0 Å². The average Bonchev–Trinajstić information content (AvgIpc) is 1.83. The van der Waals surface area contributed by atoms with E-state index in [-0.39, 0.29) is 0 Å². The maximum atomic E-state index is 9.71. The molecule has 1 N–H and O–H groups in total. The van der Waals surface area contributed by atoms with Crippen LogP contribution in [-0.4, -0.2) is 10.1 Å². The first kappa shape index (κ1) is 9.68. The fourth-order valence-electron chi connectivity index (χ4n) is 1.18. The van der Waals surface area contributed by atoms with Gasteiger partial charge in [-0.3, -0.25) is 0 Å². The van der Waals surface area contributed by atoms with Crippen molar-refractivity contribution in [2.75, 3.05) is 0 Å². The van der Waals surface area contributed by atoms with Crippen molar-refractivity contribution in [3.63, 3.8) is 0 Å². The van der Waals surface area contributed by atoms with E-state index in [0.29, 0.717) is 0 Å². The summed E-state index contributed by atoms with van der Waals surface area (Å²) in [5.74, 6) is 0. The highest BCUT2D eigenvalue weighted by atomic mass is 79.9. The number of nitrogens with zero attached hydrogens (tertiary/aromatic N) is 1. The first-order valence-corrected chi connectivity index (χ1v) is 4.56. The molecule has 2 nitrogen and oxygen atoms in total. The smallest absolute Gasteiger partial charge is 0.106 e. The Hall–Kier alpha value is -0.410. The summed E-state index contributed by atoms with van der Waals surface area (Å²) in [5, 5.41) is 9.71. The molecule has 0 aromatic carbocycles. The van der Waals surface area contributed by atoms with Gasteiger partial charge in [-0.2, -0.15) is 0 Å². The quantitative estimate of drug-likeness (QED) is 0.751. The van der Waals surface area contributed by atoms with Crippen LogP contribution in [0.5, 0.6) is 0 Å². The standard InChI is InChI=1S/C9H12BrNO/c1-6-7(9(2,3)12)4-5-8(10)11-6/h4-5,12H,1-3H3. The van der Waals surface area contributed by atoms with Gasteiger partial charge in [0.1, 0.15) is 4.60 Å². The fourth-order valence-corrected chi connectivity index (χ4v) is 1.58. The molecule has 0 aliphatic carbocycles. The Morgan fingerprint density at radius 1 is 1.42 bits per heavy atom. The van der Waals surface area contributed by atoms with E-state index in [1.807, 2.05) is 19.1 Å². The number of halogens is 1. The minimum absolute atomic E-state index is 0.799. The minimum atomic E-state index is -0.808. The van der Waals surface area contributed by atoms with Gasteiger partial charge in [0, 0.05) is 11.3 Å². The molecule has 1 rings (SSSR count). The number of pyridine rings is 1. The van der Waals surface area contributed by atoms with E-state index in [1.54, 1.807) is 13.8 Å². The Morgan fingerprint density at radius 3 is 2.42 bits per heavy atom. The van der Waals surface area contributed by atoms with Crippen LogP contribution in [0.1, 0.15) is 25.1 Å². The molecule has 1 aromatic heterocycles. The highest BCUT2D eigenvalue weighted by Gasteiger charge is 2.18. The summed E-state index contributed by atoms with van der Waals surface area (Å²) >= 11 is 3.27. The van der Waals surface area contributed by atoms with E-state index < -0.39 is 5.60 Å². The Bertz CT molecular complexity index is 291. The minimum Gasteiger partial charge on any atom is -0.386 e. The van der Waals surface area contributed by atoms with Gasteiger partial charge in [-0.25, -0.2) is 4.98 Å². The summed E-state index contributed by atoms with van der Waals surface area (Å²) in [6.45, 7) is 5.40. The van der Waals surface area contributed by atoms with Gasteiger partial charge in [0.05, 0.1) is 5.60 Å². The van der Waals surface area contributed by atoms with Crippen LogP contribution in [-0.2, 0) is 5.60 Å². The summed E-state index contributed by atoms with van der Waals surface area (Å²) in [5.41, 5.74) is 0.917. The van der Waals surface area contributed by atoms with E-state index >= 15 is 0 Å². The predicted molar refractivity (Wildman–Crippen MR) is 51.9 cm³/mol. The molecule has 0 aliphatic rings. The molecular weight excluding hydrogens is 218 g/mol. The maximum absolute atomic E-state index is 9.71. The largest absolute Gasteiger partial charge is 0.386 e. The van der Waals surface area contributed by atoms with Crippen LogP contribution >= 0.6 is 15.9 Å². The van der Waals surface area contributed by atoms with E-state index in [0.717, 1.165) is 15.9 Å². The lowest BCUT2D eigenvalue weighted by Crippen LogP contribution is -2.17. The predicted octanol–water partition coefficient (Wildman–Crippen LogP) is 2.38. The molecule has 0 unspecified atom stereocenters. The number of aromatic nitrogens is 1. The summed E-state index contributed by atoms with van der Waals surface area (Å²) in [6.07, 6.45) is 0. The summed E-state index contributed by atoms with van der Waals surface area (Å²) in [7, 11) is 0. The third-order valence-electron chi connectivity index (χ3n) is 1.71. The lowest BCUT2D eigenvalue weighted by molar-refractivity contribution is 0.0774. The average molecular weight is 230 g/mol. The zero-order valence-electron chi connectivity index (χ0n) is 7.43. The molecule has 0 amide bonds. The molecule has 1 heterocycles. The van der Waals surface area contributed by atoms with Crippen LogP contribution in [0.4, 0.5) is 0 Å². The maximum Gasteiger partial charge on any atom is 0.106 e. The first-order chi connectivity index (χ1) is 5.41. The van der Waals surface area contributed by atoms with Gasteiger partial charge in [-0.15, -0.1) is 0 Å². The van der Waals surface area contributed by atoms with Crippen LogP contribution in [0.3, 0.4) is 0 Å². The Balaban J connectivity index is 3.19. The van der Waals surface area contributed by atoms with Crippen molar-refractivity contribution in [2.45, 2.75) is 26.4 Å². The fraction of sp³-hybridized carbons (Fsp3) is 0.444. The van der Waals surface area contributed by atoms with Crippen molar-refractivity contribution < 1.29 is 5.11 Å². The lowest BCUT2D eigenvalue weighted by atomic mass is 9.97. The van der Waals surface area contributed by atoms with Crippen molar-refractivity contribution in [1.82, 2.24) is 4.98 Å². The Kier molecular flexibility index (Phi) is 2.54. The zero-order chi connectivity index (χ0) is 9.35. The lowest BCUT2D eigenvalue weighted by Gasteiger charge is -2.19. The molecule has 0 atom stereocenters. The van der Waals surface area contributed by atoms with Gasteiger partial charge >= 0.3 is 0 Å². The highest BCUT2D eigenvalue weighted by Crippen LogP contribution is 2.23. The molecule has 0 fully saturated rings. The van der Waals surface area contributed by atoms with Crippen molar-refractivity contribution in [3.05, 3.63) is 28.0 Å². The van der Waals surface area contributed by atoms with E-state index in [9.17, 15) is 5.11 Å². The molecule has 0 saturated heterocycles. The van der Waals surface area contributed by atoms with Crippen molar-refractivity contribution >= 4 is 15.9 Å². The van der Waals surface area contributed by atoms with Gasteiger partial charge < -0.3 is 5.11 Å². The van der Waals surface area contributed by atoms with E-state index in [1.165, 1.54) is 0 Å². The molecule has 1 aromatic rings. The third-order valence-corrected chi connectivity index (χ3v) is 2.15. The summed E-state index contributed by atoms with van der Waals surface area (Å²) in [6, 6.07) is 3.72. The molecule has 0 radical (unpaired) electrons. The van der Waals surface area contributed by atoms with Crippen molar-refractivity contribution in [2.24, 2.45) is 0 Å². The Morgan fingerprint density at radius 2 is 2.00 bits per heavy atom. The van der Waals surface area contributed by atoms with Gasteiger partial charge in [-0.05, 0) is 42.8 Å². The van der Waals surface area contributed by atoms with Crippen molar-refractivity contribution in [3.8, 4) is 0 Å². The van der Waals surface area contributed by atoms with Crippen LogP contribution in [0, 0.1) is 6.92 Å². The number of hydrogen-bond donors (Lipinski definition) is 1. The first-order valence-electron chi connectivity index (χ1n) is 3.77. The van der Waals surface area contributed by atoms with Gasteiger partial charge in [0.15, 0.2) is 0 Å².